The number of amides is 1. The second-order valence-corrected chi connectivity index (χ2v) is 7.78. The Bertz CT molecular complexity index is 1040. The molecule has 0 spiro atoms. The Morgan fingerprint density at radius 2 is 1.93 bits per heavy atom. The van der Waals surface area contributed by atoms with Crippen molar-refractivity contribution in [1.82, 2.24) is 10.3 Å². The molecule has 2 aromatic heterocycles. The van der Waals surface area contributed by atoms with E-state index in [1.54, 1.807) is 34.8 Å². The monoisotopic (exact) mass is 406 g/mol. The highest BCUT2D eigenvalue weighted by molar-refractivity contribution is 7.14. The SMILES string of the molecule is O=C(NCc1ccccc1)c1cccc(OCc2csc(-c3ccsc3)n2)c1. The van der Waals surface area contributed by atoms with Gasteiger partial charge in [-0.2, -0.15) is 11.3 Å². The molecule has 0 aliphatic carbocycles. The normalized spacial score (nSPS) is 10.6. The second-order valence-electron chi connectivity index (χ2n) is 6.14. The van der Waals surface area contributed by atoms with Crippen molar-refractivity contribution < 1.29 is 9.53 Å². The highest BCUT2D eigenvalue weighted by Crippen LogP contribution is 2.26. The molecule has 4 nitrogen and oxygen atoms in total. The van der Waals surface area contributed by atoms with Gasteiger partial charge in [0.1, 0.15) is 17.4 Å². The molecule has 28 heavy (non-hydrogen) atoms. The van der Waals surface area contributed by atoms with Gasteiger partial charge in [-0.15, -0.1) is 11.3 Å². The van der Waals surface area contributed by atoms with E-state index in [0.29, 0.717) is 24.5 Å². The fourth-order valence-electron chi connectivity index (χ4n) is 2.66. The number of nitrogens with one attached hydrogen (secondary N) is 1. The molecular formula is C22H18N2O2S2. The first-order valence-corrected chi connectivity index (χ1v) is 10.6. The van der Waals surface area contributed by atoms with E-state index in [4.69, 9.17) is 4.74 Å². The minimum Gasteiger partial charge on any atom is -0.487 e. The first-order chi connectivity index (χ1) is 13.8. The first-order valence-electron chi connectivity index (χ1n) is 8.80. The van der Waals surface area contributed by atoms with Crippen LogP contribution in [0.25, 0.3) is 10.6 Å². The van der Waals surface area contributed by atoms with Crippen LogP contribution in [0.1, 0.15) is 21.6 Å². The summed E-state index contributed by atoms with van der Waals surface area (Å²) in [6.45, 7) is 0.866. The Morgan fingerprint density at radius 3 is 2.75 bits per heavy atom. The Morgan fingerprint density at radius 1 is 1.04 bits per heavy atom. The molecule has 1 amide bonds. The van der Waals surface area contributed by atoms with Crippen LogP contribution in [-0.2, 0) is 13.2 Å². The van der Waals surface area contributed by atoms with Gasteiger partial charge in [-0.05, 0) is 35.2 Å². The van der Waals surface area contributed by atoms with E-state index in [-0.39, 0.29) is 5.91 Å². The van der Waals surface area contributed by atoms with Crippen molar-refractivity contribution in [3.8, 4) is 16.3 Å². The molecule has 1 N–H and O–H groups in total. The molecule has 2 heterocycles. The number of aromatic nitrogens is 1. The van der Waals surface area contributed by atoms with Gasteiger partial charge in [0, 0.05) is 28.4 Å². The standard InChI is InChI=1S/C22H18N2O2S2/c25-21(23-12-16-5-2-1-3-6-16)17-7-4-8-20(11-17)26-13-19-15-28-22(24-19)18-9-10-27-14-18/h1-11,14-15H,12-13H2,(H,23,25). The Kier molecular flexibility index (Phi) is 5.80. The lowest BCUT2D eigenvalue weighted by Gasteiger charge is -2.08. The molecule has 0 saturated heterocycles. The minimum absolute atomic E-state index is 0.122. The number of hydrogen-bond acceptors (Lipinski definition) is 5. The second kappa shape index (κ2) is 8.82. The van der Waals surface area contributed by atoms with Crippen LogP contribution >= 0.6 is 22.7 Å². The fourth-order valence-corrected chi connectivity index (χ4v) is 4.17. The minimum atomic E-state index is -0.122. The van der Waals surface area contributed by atoms with Gasteiger partial charge in [-0.25, -0.2) is 4.98 Å². The van der Waals surface area contributed by atoms with Gasteiger partial charge in [-0.3, -0.25) is 4.79 Å². The number of carbonyl (C=O) groups excluding carboxylic acids is 1. The highest BCUT2D eigenvalue weighted by Gasteiger charge is 2.09. The van der Waals surface area contributed by atoms with Crippen molar-refractivity contribution in [3.05, 3.63) is 93.6 Å². The summed E-state index contributed by atoms with van der Waals surface area (Å²) in [6, 6.07) is 19.1. The number of hydrogen-bond donors (Lipinski definition) is 1. The zero-order valence-corrected chi connectivity index (χ0v) is 16.6. The van der Waals surface area contributed by atoms with E-state index in [0.717, 1.165) is 21.8 Å². The maximum Gasteiger partial charge on any atom is 0.251 e. The molecule has 0 fully saturated rings. The molecule has 4 aromatic rings. The van der Waals surface area contributed by atoms with Crippen LogP contribution in [0.2, 0.25) is 0 Å². The van der Waals surface area contributed by atoms with Crippen molar-refractivity contribution in [2.24, 2.45) is 0 Å². The number of benzene rings is 2. The zero-order valence-electron chi connectivity index (χ0n) is 15.0. The lowest BCUT2D eigenvalue weighted by molar-refractivity contribution is 0.0950. The van der Waals surface area contributed by atoms with Gasteiger partial charge in [0.2, 0.25) is 0 Å². The van der Waals surface area contributed by atoms with Gasteiger partial charge in [-0.1, -0.05) is 36.4 Å². The van der Waals surface area contributed by atoms with E-state index < -0.39 is 0 Å². The number of thiophene rings is 1. The van der Waals surface area contributed by atoms with Crippen LogP contribution < -0.4 is 10.1 Å². The number of carbonyl (C=O) groups is 1. The van der Waals surface area contributed by atoms with Crippen molar-refractivity contribution in [2.75, 3.05) is 0 Å². The van der Waals surface area contributed by atoms with Gasteiger partial charge in [0.05, 0.1) is 5.69 Å². The molecule has 6 heteroatoms. The van der Waals surface area contributed by atoms with Gasteiger partial charge >= 0.3 is 0 Å². The number of rotatable bonds is 7. The molecule has 4 rings (SSSR count). The summed E-state index contributed by atoms with van der Waals surface area (Å²) in [7, 11) is 0. The van der Waals surface area contributed by atoms with Crippen LogP contribution in [0.4, 0.5) is 0 Å². The summed E-state index contributed by atoms with van der Waals surface area (Å²) in [5.74, 6) is 0.528. The van der Waals surface area contributed by atoms with E-state index in [1.165, 1.54) is 0 Å². The van der Waals surface area contributed by atoms with E-state index in [9.17, 15) is 4.79 Å². The predicted molar refractivity (Wildman–Crippen MR) is 114 cm³/mol. The van der Waals surface area contributed by atoms with Crippen LogP contribution in [-0.4, -0.2) is 10.9 Å². The molecule has 0 bridgehead atoms. The van der Waals surface area contributed by atoms with Gasteiger partial charge in [0.15, 0.2) is 0 Å². The summed E-state index contributed by atoms with van der Waals surface area (Å²) in [6.07, 6.45) is 0. The molecule has 0 saturated carbocycles. The Hall–Kier alpha value is -2.96. The lowest BCUT2D eigenvalue weighted by Crippen LogP contribution is -2.22. The van der Waals surface area contributed by atoms with Crippen molar-refractivity contribution in [3.63, 3.8) is 0 Å². The van der Waals surface area contributed by atoms with Crippen molar-refractivity contribution in [1.29, 1.82) is 0 Å². The largest absolute Gasteiger partial charge is 0.487 e. The smallest absolute Gasteiger partial charge is 0.251 e. The zero-order chi connectivity index (χ0) is 19.2. The molecule has 2 aromatic carbocycles. The molecule has 0 aliphatic rings. The quantitative estimate of drug-likeness (QED) is 0.448. The average Bonchev–Trinajstić information content (AvgIpc) is 3.43. The third-order valence-electron chi connectivity index (χ3n) is 4.10. The molecule has 140 valence electrons. The van der Waals surface area contributed by atoms with E-state index in [1.807, 2.05) is 53.2 Å². The number of ether oxygens (including phenoxy) is 1. The van der Waals surface area contributed by atoms with Gasteiger partial charge < -0.3 is 10.1 Å². The summed E-state index contributed by atoms with van der Waals surface area (Å²) >= 11 is 3.26. The lowest BCUT2D eigenvalue weighted by atomic mass is 10.2. The van der Waals surface area contributed by atoms with Crippen LogP contribution in [0, 0.1) is 0 Å². The summed E-state index contributed by atoms with van der Waals surface area (Å²) < 4.78 is 5.84. The van der Waals surface area contributed by atoms with Crippen molar-refractivity contribution in [2.45, 2.75) is 13.2 Å². The molecular weight excluding hydrogens is 388 g/mol. The maximum absolute atomic E-state index is 12.4. The fraction of sp³-hybridized carbons (Fsp3) is 0.0909. The van der Waals surface area contributed by atoms with Crippen LogP contribution in [0.5, 0.6) is 5.75 Å². The maximum atomic E-state index is 12.4. The van der Waals surface area contributed by atoms with Gasteiger partial charge in [0.25, 0.3) is 5.91 Å². The van der Waals surface area contributed by atoms with Crippen molar-refractivity contribution >= 4 is 28.6 Å². The topological polar surface area (TPSA) is 51.2 Å². The first kappa shape index (κ1) is 18.4. The average molecular weight is 407 g/mol. The molecule has 0 atom stereocenters. The Balaban J connectivity index is 1.35. The predicted octanol–water partition coefficient (Wildman–Crippen LogP) is 5.38. The molecule has 0 aliphatic heterocycles. The number of thiazole rings is 1. The summed E-state index contributed by atoms with van der Waals surface area (Å²) in [5.41, 5.74) is 3.65. The third-order valence-corrected chi connectivity index (χ3v) is 5.72. The molecule has 0 radical (unpaired) electrons. The van der Waals surface area contributed by atoms with E-state index in [2.05, 4.69) is 21.7 Å². The van der Waals surface area contributed by atoms with Crippen LogP contribution in [0.3, 0.4) is 0 Å². The van der Waals surface area contributed by atoms with Crippen LogP contribution in [0.15, 0.2) is 76.8 Å². The molecule has 0 unspecified atom stereocenters. The number of nitrogens with zero attached hydrogens (tertiary/aromatic N) is 1. The Labute approximate surface area is 171 Å². The highest BCUT2D eigenvalue weighted by atomic mass is 32.1. The summed E-state index contributed by atoms with van der Waals surface area (Å²) in [4.78, 5) is 17.0. The summed E-state index contributed by atoms with van der Waals surface area (Å²) in [5, 5.41) is 10.1. The van der Waals surface area contributed by atoms with E-state index >= 15 is 0 Å². The third kappa shape index (κ3) is 4.65.